The molecule has 0 aliphatic carbocycles. The topological polar surface area (TPSA) is 58.0 Å². The van der Waals surface area contributed by atoms with Crippen LogP contribution in [0.15, 0.2) is 77.4 Å². The quantitative estimate of drug-likeness (QED) is 0.554. The van der Waals surface area contributed by atoms with Crippen LogP contribution in [-0.2, 0) is 14.9 Å². The minimum atomic E-state index is -0.575. The molecule has 1 atom stereocenters. The Labute approximate surface area is 205 Å². The van der Waals surface area contributed by atoms with E-state index in [0.717, 1.165) is 43.2 Å². The SMILES string of the molecule is O=C(NCC(c1ccco1)N1CCN(c2ccc(F)cc2)CC1)C1(c2ccccc2)CCOCC1. The Morgan fingerprint density at radius 1 is 0.943 bits per heavy atom. The molecule has 1 amide bonds. The number of nitrogens with zero attached hydrogens (tertiary/aromatic N) is 2. The van der Waals surface area contributed by atoms with Gasteiger partial charge in [-0.25, -0.2) is 4.39 Å². The van der Waals surface area contributed by atoms with Crippen molar-refractivity contribution in [2.75, 3.05) is 50.8 Å². The average Bonchev–Trinajstić information content (AvgIpc) is 3.45. The van der Waals surface area contributed by atoms with Gasteiger partial charge >= 0.3 is 0 Å². The lowest BCUT2D eigenvalue weighted by molar-refractivity contribution is -0.130. The molecular formula is C28H32FN3O3. The number of ether oxygens (including phenoxy) is 1. The van der Waals surface area contributed by atoms with E-state index in [9.17, 15) is 9.18 Å². The van der Waals surface area contributed by atoms with Gasteiger partial charge in [0.05, 0.1) is 17.7 Å². The van der Waals surface area contributed by atoms with Crippen molar-refractivity contribution in [1.82, 2.24) is 10.2 Å². The Balaban J connectivity index is 1.28. The number of benzene rings is 2. The zero-order valence-electron chi connectivity index (χ0n) is 19.9. The van der Waals surface area contributed by atoms with Crippen LogP contribution in [0, 0.1) is 5.82 Å². The first-order valence-electron chi connectivity index (χ1n) is 12.4. The number of hydrogen-bond acceptors (Lipinski definition) is 5. The fraction of sp³-hybridized carbons (Fsp3) is 0.393. The summed E-state index contributed by atoms with van der Waals surface area (Å²) < 4.78 is 24.7. The minimum absolute atomic E-state index is 0.0495. The molecule has 1 aromatic heterocycles. The number of carbonyl (C=O) groups is 1. The molecule has 2 fully saturated rings. The van der Waals surface area contributed by atoms with E-state index in [-0.39, 0.29) is 17.8 Å². The van der Waals surface area contributed by atoms with Gasteiger partial charge in [-0.05, 0) is 54.8 Å². The highest BCUT2D eigenvalue weighted by atomic mass is 19.1. The molecule has 6 nitrogen and oxygen atoms in total. The molecule has 3 heterocycles. The van der Waals surface area contributed by atoms with Gasteiger partial charge in [-0.2, -0.15) is 0 Å². The third-order valence-corrected chi connectivity index (χ3v) is 7.38. The Morgan fingerprint density at radius 2 is 1.66 bits per heavy atom. The van der Waals surface area contributed by atoms with Crippen LogP contribution in [0.1, 0.15) is 30.2 Å². The maximum absolute atomic E-state index is 13.7. The van der Waals surface area contributed by atoms with E-state index in [0.29, 0.717) is 32.6 Å². The molecule has 2 saturated heterocycles. The van der Waals surface area contributed by atoms with Crippen molar-refractivity contribution in [1.29, 1.82) is 0 Å². The first-order valence-corrected chi connectivity index (χ1v) is 12.4. The summed E-state index contributed by atoms with van der Waals surface area (Å²) in [7, 11) is 0. The predicted molar refractivity (Wildman–Crippen MR) is 133 cm³/mol. The van der Waals surface area contributed by atoms with Crippen molar-refractivity contribution < 1.29 is 18.3 Å². The molecule has 184 valence electrons. The monoisotopic (exact) mass is 477 g/mol. The number of rotatable bonds is 7. The molecule has 0 radical (unpaired) electrons. The van der Waals surface area contributed by atoms with Gasteiger partial charge in [-0.15, -0.1) is 0 Å². The normalized spacial score (nSPS) is 19.3. The molecule has 3 aromatic rings. The zero-order chi connectivity index (χ0) is 24.1. The molecule has 35 heavy (non-hydrogen) atoms. The van der Waals surface area contributed by atoms with Gasteiger partial charge in [0.25, 0.3) is 0 Å². The van der Waals surface area contributed by atoms with Crippen molar-refractivity contribution in [3.63, 3.8) is 0 Å². The molecule has 1 unspecified atom stereocenters. The number of amides is 1. The van der Waals surface area contributed by atoms with Crippen molar-refractivity contribution >= 4 is 11.6 Å². The summed E-state index contributed by atoms with van der Waals surface area (Å²) in [5, 5.41) is 3.28. The van der Waals surface area contributed by atoms with Crippen LogP contribution in [0.5, 0.6) is 0 Å². The Hall–Kier alpha value is -3.16. The lowest BCUT2D eigenvalue weighted by Crippen LogP contribution is -2.52. The molecular weight excluding hydrogens is 445 g/mol. The van der Waals surface area contributed by atoms with Crippen LogP contribution in [0.25, 0.3) is 0 Å². The third-order valence-electron chi connectivity index (χ3n) is 7.38. The number of nitrogens with one attached hydrogen (secondary N) is 1. The van der Waals surface area contributed by atoms with Crippen LogP contribution in [-0.4, -0.2) is 56.7 Å². The van der Waals surface area contributed by atoms with E-state index >= 15 is 0 Å². The minimum Gasteiger partial charge on any atom is -0.468 e. The Kier molecular flexibility index (Phi) is 7.16. The lowest BCUT2D eigenvalue weighted by Gasteiger charge is -2.40. The van der Waals surface area contributed by atoms with E-state index in [1.165, 1.54) is 12.1 Å². The molecule has 1 N–H and O–H groups in total. The van der Waals surface area contributed by atoms with Gasteiger partial charge in [-0.1, -0.05) is 30.3 Å². The van der Waals surface area contributed by atoms with Gasteiger partial charge in [0.15, 0.2) is 0 Å². The Morgan fingerprint density at radius 3 is 2.31 bits per heavy atom. The lowest BCUT2D eigenvalue weighted by atomic mass is 9.73. The van der Waals surface area contributed by atoms with E-state index in [2.05, 4.69) is 15.1 Å². The highest BCUT2D eigenvalue weighted by Gasteiger charge is 2.42. The summed E-state index contributed by atoms with van der Waals surface area (Å²) in [4.78, 5) is 18.3. The summed E-state index contributed by atoms with van der Waals surface area (Å²) in [6, 6.07) is 20.5. The number of anilines is 1. The summed E-state index contributed by atoms with van der Waals surface area (Å²) in [5.41, 5.74) is 1.50. The molecule has 5 rings (SSSR count). The van der Waals surface area contributed by atoms with Crippen molar-refractivity contribution in [3.8, 4) is 0 Å². The molecule has 0 saturated carbocycles. The summed E-state index contributed by atoms with van der Waals surface area (Å²) in [6.07, 6.45) is 3.03. The summed E-state index contributed by atoms with van der Waals surface area (Å²) in [5.74, 6) is 0.675. The van der Waals surface area contributed by atoms with Crippen molar-refractivity contribution in [2.24, 2.45) is 0 Å². The number of halogens is 1. The second kappa shape index (κ2) is 10.6. The van der Waals surface area contributed by atoms with Crippen LogP contribution >= 0.6 is 0 Å². The highest BCUT2D eigenvalue weighted by Crippen LogP contribution is 2.35. The van der Waals surface area contributed by atoms with E-state index in [4.69, 9.17) is 9.15 Å². The van der Waals surface area contributed by atoms with E-state index < -0.39 is 5.41 Å². The number of hydrogen-bond donors (Lipinski definition) is 1. The van der Waals surface area contributed by atoms with Crippen LogP contribution in [0.4, 0.5) is 10.1 Å². The van der Waals surface area contributed by atoms with Crippen LogP contribution in [0.2, 0.25) is 0 Å². The number of piperazine rings is 1. The van der Waals surface area contributed by atoms with Gasteiger partial charge in [-0.3, -0.25) is 9.69 Å². The van der Waals surface area contributed by atoms with Gasteiger partial charge < -0.3 is 19.4 Å². The standard InChI is InChI=1S/C28H32FN3O3/c29-23-8-10-24(11-9-23)31-14-16-32(17-15-31)25(26-7-4-18-35-26)21-30-27(33)28(12-19-34-20-13-28)22-5-2-1-3-6-22/h1-11,18,25H,12-17,19-21H2,(H,30,33). The van der Waals surface area contributed by atoms with Gasteiger partial charge in [0.2, 0.25) is 5.91 Å². The summed E-state index contributed by atoms with van der Waals surface area (Å²) >= 11 is 0. The Bertz CT molecular complexity index is 1070. The molecule has 2 aliphatic heterocycles. The molecule has 0 spiro atoms. The van der Waals surface area contributed by atoms with Crippen LogP contribution < -0.4 is 10.2 Å². The molecule has 0 bridgehead atoms. The van der Waals surface area contributed by atoms with Gasteiger partial charge in [0, 0.05) is 51.6 Å². The maximum Gasteiger partial charge on any atom is 0.230 e. The van der Waals surface area contributed by atoms with Crippen molar-refractivity contribution in [2.45, 2.75) is 24.3 Å². The van der Waals surface area contributed by atoms with Crippen molar-refractivity contribution in [3.05, 3.63) is 90.1 Å². The zero-order valence-corrected chi connectivity index (χ0v) is 19.9. The van der Waals surface area contributed by atoms with E-state index in [1.54, 1.807) is 6.26 Å². The first-order chi connectivity index (χ1) is 17.2. The van der Waals surface area contributed by atoms with Crippen LogP contribution in [0.3, 0.4) is 0 Å². The molecule has 2 aliphatic rings. The maximum atomic E-state index is 13.7. The highest BCUT2D eigenvalue weighted by molar-refractivity contribution is 5.88. The van der Waals surface area contributed by atoms with E-state index in [1.807, 2.05) is 54.6 Å². The molecule has 7 heteroatoms. The first kappa shape index (κ1) is 23.6. The fourth-order valence-electron chi connectivity index (χ4n) is 5.32. The molecule has 2 aromatic carbocycles. The largest absolute Gasteiger partial charge is 0.468 e. The second-order valence-electron chi connectivity index (χ2n) is 9.30. The predicted octanol–water partition coefficient (Wildman–Crippen LogP) is 4.15. The third kappa shape index (κ3) is 5.11. The average molecular weight is 478 g/mol. The number of furan rings is 1. The smallest absolute Gasteiger partial charge is 0.230 e. The number of carbonyl (C=O) groups excluding carboxylic acids is 1. The fourth-order valence-corrected chi connectivity index (χ4v) is 5.32. The second-order valence-corrected chi connectivity index (χ2v) is 9.30. The summed E-state index contributed by atoms with van der Waals surface area (Å²) in [6.45, 7) is 4.90. The van der Waals surface area contributed by atoms with Gasteiger partial charge in [0.1, 0.15) is 11.6 Å².